The number of nitrogens with one attached hydrogen (secondary N) is 1. The van der Waals surface area contributed by atoms with E-state index in [9.17, 15) is 22.7 Å². The van der Waals surface area contributed by atoms with Crippen molar-refractivity contribution in [3.63, 3.8) is 0 Å². The van der Waals surface area contributed by atoms with E-state index in [2.05, 4.69) is 18.6 Å². The summed E-state index contributed by atoms with van der Waals surface area (Å²) in [5.74, 6) is -1.63. The van der Waals surface area contributed by atoms with Crippen molar-refractivity contribution in [3.8, 4) is 0 Å². The minimum atomic E-state index is -4.02. The van der Waals surface area contributed by atoms with E-state index in [0.29, 0.717) is 24.3 Å². The predicted octanol–water partition coefficient (Wildman–Crippen LogP) is 5.05. The first-order valence-electron chi connectivity index (χ1n) is 10.1. The van der Waals surface area contributed by atoms with Crippen molar-refractivity contribution in [2.75, 3.05) is 16.2 Å². The monoisotopic (exact) mass is 454 g/mol. The minimum Gasteiger partial charge on any atom is -0.478 e. The minimum absolute atomic E-state index is 0.169. The lowest BCUT2D eigenvalue weighted by Crippen LogP contribution is -2.38. The first-order chi connectivity index (χ1) is 15.1. The van der Waals surface area contributed by atoms with Crippen LogP contribution < -0.4 is 9.62 Å². The maximum Gasteiger partial charge on any atom is 0.335 e. The number of sulfonamides is 1. The lowest BCUT2D eigenvalue weighted by atomic mass is 9.80. The zero-order valence-electron chi connectivity index (χ0n) is 17.7. The molecule has 3 aromatic carbocycles. The van der Waals surface area contributed by atoms with Crippen molar-refractivity contribution in [2.45, 2.75) is 25.2 Å². The molecule has 1 heterocycles. The maximum absolute atomic E-state index is 13.6. The molecule has 32 heavy (non-hydrogen) atoms. The molecule has 1 aliphatic rings. The molecule has 0 spiro atoms. The molecule has 4 rings (SSSR count). The molecule has 0 unspecified atom stereocenters. The van der Waals surface area contributed by atoms with Crippen molar-refractivity contribution in [1.82, 2.24) is 0 Å². The number of hydrogen-bond acceptors (Lipinski definition) is 4. The van der Waals surface area contributed by atoms with Gasteiger partial charge in [-0.1, -0.05) is 32.0 Å². The molecule has 0 aromatic heterocycles. The maximum atomic E-state index is 13.6. The average Bonchev–Trinajstić information content (AvgIpc) is 2.72. The second-order valence-corrected chi connectivity index (χ2v) is 10.3. The fourth-order valence-electron chi connectivity index (χ4n) is 4.06. The molecule has 0 radical (unpaired) electrons. The number of halogens is 1. The standard InChI is InChI=1S/C24H23FN2O4S/c1-24(2)14-17-12-16(23(28)29)10-11-21(17)27(15-24)22-9-4-3-8-20(22)26-32(30,31)19-7-5-6-18(25)13-19/h3-13,26H,14-15H2,1-2H3,(H,28,29). The molecule has 2 N–H and O–H groups in total. The highest BCUT2D eigenvalue weighted by Crippen LogP contribution is 2.43. The van der Waals surface area contributed by atoms with E-state index < -0.39 is 21.8 Å². The first-order valence-corrected chi connectivity index (χ1v) is 11.6. The summed E-state index contributed by atoms with van der Waals surface area (Å²) in [4.78, 5) is 13.3. The van der Waals surface area contributed by atoms with Crippen molar-refractivity contribution in [3.05, 3.63) is 83.7 Å². The van der Waals surface area contributed by atoms with Crippen LogP contribution in [0.4, 0.5) is 21.5 Å². The smallest absolute Gasteiger partial charge is 0.335 e. The Labute approximate surface area is 186 Å². The number of para-hydroxylation sites is 2. The Morgan fingerprint density at radius 1 is 1.03 bits per heavy atom. The number of hydrogen-bond donors (Lipinski definition) is 2. The summed E-state index contributed by atoms with van der Waals surface area (Å²) in [5.41, 5.74) is 2.71. The van der Waals surface area contributed by atoms with Gasteiger partial charge in [-0.15, -0.1) is 0 Å². The number of benzene rings is 3. The van der Waals surface area contributed by atoms with E-state index in [1.807, 2.05) is 11.0 Å². The summed E-state index contributed by atoms with van der Waals surface area (Å²) in [5, 5.41) is 9.38. The summed E-state index contributed by atoms with van der Waals surface area (Å²) in [6, 6.07) is 16.8. The Morgan fingerprint density at radius 3 is 2.50 bits per heavy atom. The summed E-state index contributed by atoms with van der Waals surface area (Å²) >= 11 is 0. The molecule has 3 aromatic rings. The number of carbonyl (C=O) groups is 1. The highest BCUT2D eigenvalue weighted by molar-refractivity contribution is 7.92. The quantitative estimate of drug-likeness (QED) is 0.564. The van der Waals surface area contributed by atoms with Gasteiger partial charge < -0.3 is 10.0 Å². The van der Waals surface area contributed by atoms with Crippen molar-refractivity contribution in [2.24, 2.45) is 5.41 Å². The topological polar surface area (TPSA) is 86.7 Å². The van der Waals surface area contributed by atoms with Crippen molar-refractivity contribution >= 4 is 33.1 Å². The normalized spacial score (nSPS) is 15.2. The van der Waals surface area contributed by atoms with E-state index in [4.69, 9.17) is 0 Å². The van der Waals surface area contributed by atoms with Gasteiger partial charge in [-0.25, -0.2) is 17.6 Å². The van der Waals surface area contributed by atoms with Gasteiger partial charge in [0.1, 0.15) is 5.82 Å². The highest BCUT2D eigenvalue weighted by Gasteiger charge is 2.33. The number of aromatic carboxylic acids is 1. The molecular weight excluding hydrogens is 431 g/mol. The van der Waals surface area contributed by atoms with Crippen molar-refractivity contribution in [1.29, 1.82) is 0 Å². The largest absolute Gasteiger partial charge is 0.478 e. The molecule has 6 nitrogen and oxygen atoms in total. The van der Waals surface area contributed by atoms with E-state index >= 15 is 0 Å². The Hall–Kier alpha value is -3.39. The zero-order valence-corrected chi connectivity index (χ0v) is 18.5. The molecule has 0 amide bonds. The molecule has 1 aliphatic heterocycles. The fraction of sp³-hybridized carbons (Fsp3) is 0.208. The zero-order chi connectivity index (χ0) is 23.1. The summed E-state index contributed by atoms with van der Waals surface area (Å²) in [6.45, 7) is 4.76. The van der Waals surface area contributed by atoms with E-state index in [-0.39, 0.29) is 15.9 Å². The molecule has 0 saturated heterocycles. The van der Waals surface area contributed by atoms with Gasteiger partial charge in [-0.05, 0) is 65.9 Å². The number of carboxylic acid groups (broad SMARTS) is 1. The fourth-order valence-corrected chi connectivity index (χ4v) is 5.16. The van der Waals surface area contributed by atoms with Crippen LogP contribution in [0.1, 0.15) is 29.8 Å². The molecular formula is C24H23FN2O4S. The van der Waals surface area contributed by atoms with Gasteiger partial charge in [0.15, 0.2) is 0 Å². The number of anilines is 3. The lowest BCUT2D eigenvalue weighted by Gasteiger charge is -2.41. The van der Waals surface area contributed by atoms with Crippen LogP contribution in [0.25, 0.3) is 0 Å². The number of nitrogens with zero attached hydrogens (tertiary/aromatic N) is 1. The third kappa shape index (κ3) is 4.31. The molecule has 0 aliphatic carbocycles. The Kier molecular flexibility index (Phi) is 5.42. The van der Waals surface area contributed by atoms with E-state index in [1.165, 1.54) is 18.2 Å². The third-order valence-corrected chi connectivity index (χ3v) is 6.78. The van der Waals surface area contributed by atoms with Crippen LogP contribution in [-0.4, -0.2) is 26.0 Å². The van der Waals surface area contributed by atoms with Crippen molar-refractivity contribution < 1.29 is 22.7 Å². The molecule has 166 valence electrons. The Balaban J connectivity index is 1.78. The summed E-state index contributed by atoms with van der Waals surface area (Å²) in [6.07, 6.45) is 0.692. The third-order valence-electron chi connectivity index (χ3n) is 5.42. The van der Waals surface area contributed by atoms with Crippen LogP contribution in [-0.2, 0) is 16.4 Å². The van der Waals surface area contributed by atoms with Crippen LogP contribution in [0.15, 0.2) is 71.6 Å². The number of fused-ring (bicyclic) bond motifs is 1. The summed E-state index contributed by atoms with van der Waals surface area (Å²) < 4.78 is 42.0. The Bertz CT molecular complexity index is 1300. The van der Waals surface area contributed by atoms with Gasteiger partial charge in [0.2, 0.25) is 0 Å². The van der Waals surface area contributed by atoms with Crippen LogP contribution in [0.3, 0.4) is 0 Å². The molecule has 0 atom stereocenters. The van der Waals surface area contributed by atoms with Gasteiger partial charge >= 0.3 is 5.97 Å². The Morgan fingerprint density at radius 2 is 1.78 bits per heavy atom. The number of carboxylic acids is 1. The highest BCUT2D eigenvalue weighted by atomic mass is 32.2. The molecule has 0 bridgehead atoms. The van der Waals surface area contributed by atoms with Gasteiger partial charge in [0.25, 0.3) is 10.0 Å². The molecule has 8 heteroatoms. The van der Waals surface area contributed by atoms with E-state index in [1.54, 1.807) is 36.4 Å². The predicted molar refractivity (Wildman–Crippen MR) is 122 cm³/mol. The van der Waals surface area contributed by atoms with Crippen LogP contribution in [0.2, 0.25) is 0 Å². The number of rotatable bonds is 5. The van der Waals surface area contributed by atoms with Gasteiger partial charge in [0.05, 0.1) is 21.8 Å². The molecule has 0 saturated carbocycles. The second-order valence-electron chi connectivity index (χ2n) is 8.66. The average molecular weight is 455 g/mol. The first kappa shape index (κ1) is 21.8. The van der Waals surface area contributed by atoms with Crippen LogP contribution in [0.5, 0.6) is 0 Å². The SMILES string of the molecule is CC1(C)Cc2cc(C(=O)O)ccc2N(c2ccccc2NS(=O)(=O)c2cccc(F)c2)C1. The van der Waals surface area contributed by atoms with E-state index in [0.717, 1.165) is 17.3 Å². The second kappa shape index (κ2) is 7.94. The molecule has 0 fully saturated rings. The van der Waals surface area contributed by atoms with Gasteiger partial charge in [-0.3, -0.25) is 4.72 Å². The van der Waals surface area contributed by atoms with Gasteiger partial charge in [0, 0.05) is 12.2 Å². The summed E-state index contributed by atoms with van der Waals surface area (Å²) in [7, 11) is -4.02. The lowest BCUT2D eigenvalue weighted by molar-refractivity contribution is 0.0696. The van der Waals surface area contributed by atoms with Crippen LogP contribution >= 0.6 is 0 Å². The van der Waals surface area contributed by atoms with Crippen LogP contribution in [0, 0.1) is 11.2 Å². The van der Waals surface area contributed by atoms with Gasteiger partial charge in [-0.2, -0.15) is 0 Å².